The van der Waals surface area contributed by atoms with Crippen LogP contribution >= 0.6 is 8.69 Å². The van der Waals surface area contributed by atoms with Gasteiger partial charge in [0.15, 0.2) is 8.69 Å². The van der Waals surface area contributed by atoms with Crippen molar-refractivity contribution in [2.75, 3.05) is 14.2 Å². The van der Waals surface area contributed by atoms with Crippen molar-refractivity contribution in [3.05, 3.63) is 0 Å². The normalized spacial score (nSPS) is 13.2. The van der Waals surface area contributed by atoms with Crippen LogP contribution in [0, 0.1) is 0 Å². The van der Waals surface area contributed by atoms with Crippen LogP contribution in [-0.4, -0.2) is 20.2 Å². The lowest BCUT2D eigenvalue weighted by Gasteiger charge is -2.22. The first-order chi connectivity index (χ1) is 4.18. The zero-order chi connectivity index (χ0) is 7.33. The van der Waals surface area contributed by atoms with Crippen LogP contribution in [-0.2, 0) is 18.6 Å². The Hall–Kier alpha value is 0.110. The Morgan fingerprint density at radius 3 is 1.89 bits per heavy atom. The fourth-order valence-electron chi connectivity index (χ4n) is 0.267. The molecule has 1 atom stereocenters. The minimum absolute atomic E-state index is 1.14. The highest BCUT2D eigenvalue weighted by Crippen LogP contribution is 2.17. The smallest absolute Gasteiger partial charge is 0.284 e. The molecule has 1 unspecified atom stereocenters. The molecule has 0 heterocycles. The van der Waals surface area contributed by atoms with E-state index < -0.39 is 14.7 Å². The number of rotatable bonds is 4. The van der Waals surface area contributed by atoms with Crippen molar-refractivity contribution in [3.8, 4) is 0 Å². The fraction of sp³-hybridized carbons (Fsp3) is 1.00. The Labute approximate surface area is 55.4 Å². The summed E-state index contributed by atoms with van der Waals surface area (Å²) in [6.45, 7) is 1.54. The molecule has 0 aromatic rings. The lowest BCUT2D eigenvalue weighted by Crippen LogP contribution is -2.29. The minimum atomic E-state index is -1.29. The number of methoxy groups -OCH3 is 2. The number of ether oxygens (including phenoxy) is 2. The van der Waals surface area contributed by atoms with Crippen LogP contribution in [0.25, 0.3) is 0 Å². The predicted octanol–water partition coefficient (Wildman–Crippen LogP) is 0.641. The van der Waals surface area contributed by atoms with E-state index in [4.69, 9.17) is 9.47 Å². The van der Waals surface area contributed by atoms with Gasteiger partial charge >= 0.3 is 0 Å². The highest BCUT2D eigenvalue weighted by Gasteiger charge is 2.22. The molecule has 0 radical (unpaired) electrons. The summed E-state index contributed by atoms with van der Waals surface area (Å²) in [5.41, 5.74) is 0. The van der Waals surface area contributed by atoms with Gasteiger partial charge in [0.2, 0.25) is 0 Å². The maximum atomic E-state index is 9.96. The number of hydrogen-bond donors (Lipinski definition) is 0. The lowest BCUT2D eigenvalue weighted by atomic mass is 10.7. The van der Waals surface area contributed by atoms with E-state index in [1.54, 1.807) is 0 Å². The summed E-state index contributed by atoms with van der Waals surface area (Å²) in [6, 6.07) is 0. The third-order valence-electron chi connectivity index (χ3n) is 1.00. The van der Waals surface area contributed by atoms with E-state index in [2.05, 4.69) is 4.52 Å². The summed E-state index contributed by atoms with van der Waals surface area (Å²) in [5.74, 6) is -1.14. The summed E-state index contributed by atoms with van der Waals surface area (Å²) < 4.78 is 24.0. The number of hydrogen-bond acceptors (Lipinski definition) is 4. The molecule has 0 fully saturated rings. The van der Waals surface area contributed by atoms with Gasteiger partial charge in [0, 0.05) is 21.1 Å². The van der Waals surface area contributed by atoms with E-state index in [0.717, 1.165) is 0 Å². The molecule has 0 aliphatic carbocycles. The second-order valence-corrected chi connectivity index (χ2v) is 1.91. The van der Waals surface area contributed by atoms with Gasteiger partial charge in [0.05, 0.1) is 0 Å². The van der Waals surface area contributed by atoms with Gasteiger partial charge in [-0.2, -0.15) is 0 Å². The van der Waals surface area contributed by atoms with Crippen LogP contribution in [0.5, 0.6) is 0 Å². The highest BCUT2D eigenvalue weighted by molar-refractivity contribution is 7.17. The third-order valence-corrected chi connectivity index (χ3v) is 1.53. The molecule has 0 amide bonds. The van der Waals surface area contributed by atoms with E-state index in [0.29, 0.717) is 0 Å². The standard InChI is InChI=1S/C4H11O4P/c1-4(6-2,7-3)8-9-5/h9H2,1-3H3. The highest BCUT2D eigenvalue weighted by atomic mass is 31.1. The topological polar surface area (TPSA) is 44.8 Å². The quantitative estimate of drug-likeness (QED) is 0.440. The Balaban J connectivity index is 3.75. The minimum Gasteiger partial charge on any atom is -0.331 e. The van der Waals surface area contributed by atoms with E-state index in [1.165, 1.54) is 21.1 Å². The first kappa shape index (κ1) is 9.11. The van der Waals surface area contributed by atoms with E-state index in [9.17, 15) is 4.57 Å². The molecule has 9 heavy (non-hydrogen) atoms. The predicted molar refractivity (Wildman–Crippen MR) is 33.9 cm³/mol. The summed E-state index contributed by atoms with van der Waals surface area (Å²) in [6.07, 6.45) is 0. The zero-order valence-corrected chi connectivity index (χ0v) is 6.87. The molecule has 0 saturated carbocycles. The van der Waals surface area contributed by atoms with E-state index in [-0.39, 0.29) is 0 Å². The van der Waals surface area contributed by atoms with Crippen molar-refractivity contribution in [1.29, 1.82) is 0 Å². The Kier molecular flexibility index (Phi) is 4.06. The molecule has 0 saturated heterocycles. The Bertz CT molecular complexity index is 90.6. The third kappa shape index (κ3) is 2.96. The summed E-state index contributed by atoms with van der Waals surface area (Å²) in [5, 5.41) is 0. The first-order valence-electron chi connectivity index (χ1n) is 2.40. The van der Waals surface area contributed by atoms with Crippen LogP contribution in [0.2, 0.25) is 0 Å². The van der Waals surface area contributed by atoms with Gasteiger partial charge in [0.25, 0.3) is 5.97 Å². The van der Waals surface area contributed by atoms with Crippen molar-refractivity contribution in [2.24, 2.45) is 0 Å². The maximum Gasteiger partial charge on any atom is 0.284 e. The molecule has 0 aromatic heterocycles. The van der Waals surface area contributed by atoms with E-state index in [1.807, 2.05) is 0 Å². The van der Waals surface area contributed by atoms with Gasteiger partial charge in [-0.05, 0) is 0 Å². The van der Waals surface area contributed by atoms with Crippen LogP contribution < -0.4 is 0 Å². The second kappa shape index (κ2) is 4.01. The Morgan fingerprint density at radius 1 is 1.33 bits per heavy atom. The van der Waals surface area contributed by atoms with Gasteiger partial charge in [0.1, 0.15) is 0 Å². The van der Waals surface area contributed by atoms with Gasteiger partial charge in [-0.15, -0.1) is 0 Å². The lowest BCUT2D eigenvalue weighted by molar-refractivity contribution is -0.305. The molecule has 0 spiro atoms. The van der Waals surface area contributed by atoms with E-state index >= 15 is 0 Å². The molecule has 4 nitrogen and oxygen atoms in total. The molecule has 0 rings (SSSR count). The molecule has 0 aliphatic rings. The molecule has 0 aliphatic heterocycles. The van der Waals surface area contributed by atoms with Gasteiger partial charge < -0.3 is 9.47 Å². The molecular formula is C4H11O4P. The summed E-state index contributed by atoms with van der Waals surface area (Å²) in [4.78, 5) is 0. The fourth-order valence-corrected chi connectivity index (χ4v) is 0.634. The van der Waals surface area contributed by atoms with Crippen molar-refractivity contribution >= 4 is 8.69 Å². The average molecular weight is 154 g/mol. The van der Waals surface area contributed by atoms with Crippen molar-refractivity contribution in [1.82, 2.24) is 0 Å². The van der Waals surface area contributed by atoms with Crippen LogP contribution in [0.4, 0.5) is 0 Å². The summed E-state index contributed by atoms with van der Waals surface area (Å²) in [7, 11) is 1.54. The molecule has 56 valence electrons. The Morgan fingerprint density at radius 2 is 1.78 bits per heavy atom. The van der Waals surface area contributed by atoms with Crippen LogP contribution in [0.3, 0.4) is 0 Å². The molecule has 0 aromatic carbocycles. The first-order valence-corrected chi connectivity index (χ1v) is 3.34. The molecular weight excluding hydrogens is 143 g/mol. The zero-order valence-electron chi connectivity index (χ0n) is 5.71. The van der Waals surface area contributed by atoms with Crippen molar-refractivity contribution in [2.45, 2.75) is 12.9 Å². The monoisotopic (exact) mass is 154 g/mol. The molecule has 0 N–H and O–H groups in total. The van der Waals surface area contributed by atoms with Gasteiger partial charge in [-0.25, -0.2) is 0 Å². The van der Waals surface area contributed by atoms with Crippen molar-refractivity contribution < 1.29 is 18.6 Å². The maximum absolute atomic E-state index is 9.96. The molecule has 0 bridgehead atoms. The average Bonchev–Trinajstić information content (AvgIpc) is 1.89. The summed E-state index contributed by atoms with van der Waals surface area (Å²) >= 11 is 0. The van der Waals surface area contributed by atoms with Gasteiger partial charge in [-0.1, -0.05) is 0 Å². The van der Waals surface area contributed by atoms with Crippen LogP contribution in [0.15, 0.2) is 0 Å². The van der Waals surface area contributed by atoms with Crippen molar-refractivity contribution in [3.63, 3.8) is 0 Å². The SMILES string of the molecule is COC(C)(OC)O[PH2]=O. The largest absolute Gasteiger partial charge is 0.331 e. The van der Waals surface area contributed by atoms with Crippen LogP contribution in [0.1, 0.15) is 6.92 Å². The van der Waals surface area contributed by atoms with Gasteiger partial charge in [-0.3, -0.25) is 9.09 Å². The second-order valence-electron chi connectivity index (χ2n) is 1.48. The molecule has 5 heteroatoms.